The zero-order chi connectivity index (χ0) is 28.0. The Hall–Kier alpha value is -4.23. The quantitative estimate of drug-likeness (QED) is 0.197. The number of imidazole rings is 1. The molecule has 5 rings (SSSR count). The summed E-state index contributed by atoms with van der Waals surface area (Å²) in [4.78, 5) is 32.3. The van der Waals surface area contributed by atoms with Crippen LogP contribution in [0.25, 0.3) is 5.69 Å². The molecule has 1 N–H and O–H groups in total. The number of ketones is 1. The molecule has 0 spiro atoms. The highest BCUT2D eigenvalue weighted by Crippen LogP contribution is 2.42. The van der Waals surface area contributed by atoms with Crippen molar-refractivity contribution in [3.63, 3.8) is 0 Å². The van der Waals surface area contributed by atoms with E-state index in [2.05, 4.69) is 4.98 Å². The molecule has 206 valence electrons. The van der Waals surface area contributed by atoms with Crippen molar-refractivity contribution >= 4 is 11.8 Å². The fourth-order valence-corrected chi connectivity index (χ4v) is 5.50. The summed E-state index contributed by atoms with van der Waals surface area (Å²) >= 11 is 0. The minimum Gasteiger partial charge on any atom is -0.497 e. The highest BCUT2D eigenvalue weighted by Gasteiger charge is 2.49. The molecule has 1 aliphatic rings. The summed E-state index contributed by atoms with van der Waals surface area (Å²) in [6.07, 6.45) is 7.44. The Morgan fingerprint density at radius 1 is 0.950 bits per heavy atom. The maximum Gasteiger partial charge on any atom is 0.343 e. The number of ether oxygens (including phenoxy) is 2. The molecule has 7 heteroatoms. The van der Waals surface area contributed by atoms with Gasteiger partial charge in [-0.05, 0) is 61.1 Å². The summed E-state index contributed by atoms with van der Waals surface area (Å²) < 4.78 is 13.0. The molecule has 4 aromatic rings. The van der Waals surface area contributed by atoms with E-state index in [1.54, 1.807) is 72.6 Å². The first-order chi connectivity index (χ1) is 19.5. The summed E-state index contributed by atoms with van der Waals surface area (Å²) in [7, 11) is 1.57. The normalized spacial score (nSPS) is 16.1. The first-order valence-electron chi connectivity index (χ1n) is 13.8. The van der Waals surface area contributed by atoms with Gasteiger partial charge in [-0.15, -0.1) is 0 Å². The van der Waals surface area contributed by atoms with Crippen molar-refractivity contribution in [3.8, 4) is 11.4 Å². The van der Waals surface area contributed by atoms with Crippen molar-refractivity contribution in [2.75, 3.05) is 7.11 Å². The lowest BCUT2D eigenvalue weighted by atomic mass is 9.74. The zero-order valence-electron chi connectivity index (χ0n) is 22.6. The fraction of sp³-hybridized carbons (Fsp3) is 0.303. The zero-order valence-corrected chi connectivity index (χ0v) is 22.6. The highest BCUT2D eigenvalue weighted by molar-refractivity contribution is 5.95. The van der Waals surface area contributed by atoms with Crippen molar-refractivity contribution in [1.29, 1.82) is 0 Å². The number of hydrogen-bond acceptors (Lipinski definition) is 6. The monoisotopic (exact) mass is 538 g/mol. The molecule has 1 fully saturated rings. The summed E-state index contributed by atoms with van der Waals surface area (Å²) in [5.74, 6) is -1.16. The van der Waals surface area contributed by atoms with Crippen molar-refractivity contribution in [3.05, 3.63) is 114 Å². The van der Waals surface area contributed by atoms with Crippen LogP contribution in [0.4, 0.5) is 0 Å². The molecule has 1 saturated carbocycles. The third-order valence-corrected chi connectivity index (χ3v) is 7.69. The smallest absolute Gasteiger partial charge is 0.343 e. The minimum atomic E-state index is -2.12. The summed E-state index contributed by atoms with van der Waals surface area (Å²) in [5, 5.41) is 12.5. The van der Waals surface area contributed by atoms with Gasteiger partial charge in [0, 0.05) is 30.4 Å². The molecule has 1 aliphatic carbocycles. The van der Waals surface area contributed by atoms with Crippen LogP contribution in [-0.2, 0) is 15.1 Å². The van der Waals surface area contributed by atoms with E-state index in [1.165, 1.54) is 0 Å². The van der Waals surface area contributed by atoms with Gasteiger partial charge in [0.1, 0.15) is 11.9 Å². The Morgan fingerprint density at radius 2 is 1.60 bits per heavy atom. The molecule has 2 atom stereocenters. The number of benzene rings is 3. The van der Waals surface area contributed by atoms with Gasteiger partial charge in [-0.25, -0.2) is 9.78 Å². The largest absolute Gasteiger partial charge is 0.497 e. The standard InChI is InChI=1S/C33H34N2O5/c1-39-27-19-17-24(18-20-27)29(23-30(36)31-34-21-22-35(31)26-13-7-3-8-14-26)33(38,25-11-5-2-6-12-25)32(37)40-28-15-9-4-10-16-28/h2-3,5-8,11-14,17-22,28-29,38H,4,9-10,15-16,23H2,1H3/t29-,33-/m0/s1. The molecule has 1 heterocycles. The van der Waals surface area contributed by atoms with Crippen LogP contribution in [0, 0.1) is 0 Å². The van der Waals surface area contributed by atoms with Crippen molar-refractivity contribution in [2.24, 2.45) is 0 Å². The van der Waals surface area contributed by atoms with E-state index < -0.39 is 17.5 Å². The first kappa shape index (κ1) is 27.3. The maximum absolute atomic E-state index is 14.0. The van der Waals surface area contributed by atoms with Gasteiger partial charge < -0.3 is 14.6 Å². The molecule has 0 aliphatic heterocycles. The molecular weight excluding hydrogens is 504 g/mol. The number of aromatic nitrogens is 2. The van der Waals surface area contributed by atoms with Crippen LogP contribution in [0.2, 0.25) is 0 Å². The number of esters is 1. The van der Waals surface area contributed by atoms with Crippen molar-refractivity contribution in [2.45, 2.75) is 56.1 Å². The van der Waals surface area contributed by atoms with Gasteiger partial charge in [-0.1, -0.05) is 67.1 Å². The molecule has 1 aromatic heterocycles. The van der Waals surface area contributed by atoms with Crippen LogP contribution in [0.3, 0.4) is 0 Å². The van der Waals surface area contributed by atoms with Crippen LogP contribution in [0.15, 0.2) is 97.3 Å². The second kappa shape index (κ2) is 12.3. The molecule has 0 radical (unpaired) electrons. The number of carbonyl (C=O) groups excluding carboxylic acids is 2. The number of methoxy groups -OCH3 is 1. The molecule has 40 heavy (non-hydrogen) atoms. The number of aliphatic hydroxyl groups is 1. The average molecular weight is 539 g/mol. The van der Waals surface area contributed by atoms with E-state index in [0.29, 0.717) is 16.9 Å². The molecule has 0 saturated heterocycles. The third-order valence-electron chi connectivity index (χ3n) is 7.69. The van der Waals surface area contributed by atoms with Crippen molar-refractivity contribution in [1.82, 2.24) is 9.55 Å². The van der Waals surface area contributed by atoms with Gasteiger partial charge in [-0.2, -0.15) is 0 Å². The van der Waals surface area contributed by atoms with E-state index in [0.717, 1.165) is 37.8 Å². The average Bonchev–Trinajstić information content (AvgIpc) is 3.51. The van der Waals surface area contributed by atoms with E-state index in [1.807, 2.05) is 36.4 Å². The predicted molar refractivity (Wildman–Crippen MR) is 152 cm³/mol. The predicted octanol–water partition coefficient (Wildman–Crippen LogP) is 6.00. The van der Waals surface area contributed by atoms with Crippen LogP contribution >= 0.6 is 0 Å². The van der Waals surface area contributed by atoms with E-state index in [9.17, 15) is 14.7 Å². The number of rotatable bonds is 10. The van der Waals surface area contributed by atoms with Crippen LogP contribution in [-0.4, -0.2) is 39.6 Å². The van der Waals surface area contributed by atoms with Gasteiger partial charge in [-0.3, -0.25) is 9.36 Å². The van der Waals surface area contributed by atoms with Crippen molar-refractivity contribution < 1.29 is 24.2 Å². The molecule has 7 nitrogen and oxygen atoms in total. The Bertz CT molecular complexity index is 1410. The fourth-order valence-electron chi connectivity index (χ4n) is 5.50. The molecule has 0 bridgehead atoms. The summed E-state index contributed by atoms with van der Waals surface area (Å²) in [6, 6.07) is 25.3. The number of carbonyl (C=O) groups is 2. The number of para-hydroxylation sites is 1. The second-order valence-electron chi connectivity index (χ2n) is 10.2. The summed E-state index contributed by atoms with van der Waals surface area (Å²) in [6.45, 7) is 0. The minimum absolute atomic E-state index is 0.179. The third kappa shape index (κ3) is 5.70. The van der Waals surface area contributed by atoms with Gasteiger partial charge in [0.2, 0.25) is 0 Å². The SMILES string of the molecule is COc1ccc([C@H](CC(=O)c2nccn2-c2ccccc2)[C@](O)(C(=O)OC2CCCCC2)c2ccccc2)cc1. The van der Waals surface area contributed by atoms with Crippen LogP contribution < -0.4 is 4.74 Å². The Kier molecular flexibility index (Phi) is 8.41. The van der Waals surface area contributed by atoms with Gasteiger partial charge in [0.15, 0.2) is 17.2 Å². The van der Waals surface area contributed by atoms with Gasteiger partial charge in [0.05, 0.1) is 7.11 Å². The topological polar surface area (TPSA) is 90.6 Å². The summed E-state index contributed by atoms with van der Waals surface area (Å²) in [5.41, 5.74) is -0.346. The molecule has 0 unspecified atom stereocenters. The Morgan fingerprint density at radius 3 is 2.25 bits per heavy atom. The first-order valence-corrected chi connectivity index (χ1v) is 13.8. The highest BCUT2D eigenvalue weighted by atomic mass is 16.6. The van der Waals surface area contributed by atoms with E-state index in [-0.39, 0.29) is 24.1 Å². The van der Waals surface area contributed by atoms with E-state index >= 15 is 0 Å². The van der Waals surface area contributed by atoms with Gasteiger partial charge >= 0.3 is 5.97 Å². The van der Waals surface area contributed by atoms with Crippen LogP contribution in [0.5, 0.6) is 5.75 Å². The second-order valence-corrected chi connectivity index (χ2v) is 10.2. The lowest BCUT2D eigenvalue weighted by molar-refractivity contribution is -0.177. The van der Waals surface area contributed by atoms with Crippen LogP contribution in [0.1, 0.15) is 66.2 Å². The molecule has 0 amide bonds. The molecule has 3 aromatic carbocycles. The number of hydrogen-bond donors (Lipinski definition) is 1. The molecular formula is C33H34N2O5. The lowest BCUT2D eigenvalue weighted by Crippen LogP contribution is -2.45. The van der Waals surface area contributed by atoms with Gasteiger partial charge in [0.25, 0.3) is 0 Å². The Balaban J connectivity index is 1.57. The number of Topliss-reactive ketones (excluding diaryl/α,β-unsaturated/α-hetero) is 1. The Labute approximate surface area is 234 Å². The maximum atomic E-state index is 14.0. The number of nitrogens with zero attached hydrogens (tertiary/aromatic N) is 2. The lowest BCUT2D eigenvalue weighted by Gasteiger charge is -2.36. The van der Waals surface area contributed by atoms with E-state index in [4.69, 9.17) is 9.47 Å².